The second-order valence-electron chi connectivity index (χ2n) is 46.4. The number of aliphatic hydroxyl groups is 4. The Labute approximate surface area is 706 Å². The molecule has 20 rings (SSSR count). The molecule has 4 aromatic rings. The molecule has 650 valence electrons. The standard InChI is InChI=1S/C26H38N2O3.3C25H38N2O2/c1-16(29)23-10-13-28(27-23)15-24(30)22-7-6-21-20-5-4-17-14-25(2,31)11-8-18(17)19(20)9-12-26(21,22)3;3*1-16-13-26-27(14-16)15-23(28)22-7-6-21-20-5-4-17-12-24(2,29)10-8-18(17)19(20)9-11-25(21,22)3/h10,13,17-22,31H,4-9,11-12,14-15H2,1-3H3;3*13-14,17-22,29H,4-12,15H2,1-3H3/t17-,18+,19-,20-,21+,22-,25-,26+;3*17-,18+,19-,20-,21+,22-,24-,25+/m1111/s1. The van der Waals surface area contributed by atoms with Crippen molar-refractivity contribution in [3.63, 3.8) is 0 Å². The topological polar surface area (TPSA) is 238 Å². The summed E-state index contributed by atoms with van der Waals surface area (Å²) in [5.41, 5.74) is 2.71. The van der Waals surface area contributed by atoms with E-state index in [-0.39, 0.29) is 57.7 Å². The molecule has 0 spiro atoms. The maximum atomic E-state index is 13.3. The van der Waals surface area contributed by atoms with E-state index in [1.807, 2.05) is 99.7 Å². The summed E-state index contributed by atoms with van der Waals surface area (Å²) < 4.78 is 7.15. The van der Waals surface area contributed by atoms with Gasteiger partial charge in [-0.1, -0.05) is 27.7 Å². The second-order valence-corrected chi connectivity index (χ2v) is 46.4. The third-order valence-electron chi connectivity index (χ3n) is 39.1. The molecule has 32 atom stereocenters. The quantitative estimate of drug-likeness (QED) is 0.0913. The third-order valence-corrected chi connectivity index (χ3v) is 39.1. The minimum Gasteiger partial charge on any atom is -0.390 e. The summed E-state index contributed by atoms with van der Waals surface area (Å²) in [5, 5.41) is 59.7. The SMILES string of the molecule is CC(=O)c1ccn(CC(=O)[C@H]2CC[C@H]3[C@@H]4CC[C@@H]5C[C@](C)(O)CC[C@@H]5[C@H]4CC[C@]23C)n1.Cc1cnn(CC(=O)[C@H]2CC[C@H]3[C@@H]4CC[C@@H]5C[C@](C)(O)CC[C@@H]5[C@H]4CC[C@]23C)c1.Cc1cnn(CC(=O)[C@H]2CC[C@H]3[C@@H]4CC[C@@H]5C[C@](C)(O)CC[C@@H]5[C@H]4CC[C@]23C)c1.Cc1cnn(CC(=O)[C@H]2CC[C@H]3[C@@H]4CC[C@@H]5C[C@](C)(O)CC[C@@H]5[C@H]4CC[C@]23C)c1. The van der Waals surface area contributed by atoms with Crippen molar-refractivity contribution in [2.24, 2.45) is 164 Å². The maximum Gasteiger partial charge on any atom is 0.179 e. The van der Waals surface area contributed by atoms with Crippen molar-refractivity contribution in [1.82, 2.24) is 39.1 Å². The molecule has 0 unspecified atom stereocenters. The summed E-state index contributed by atoms with van der Waals surface area (Å²) in [5.74, 6) is 17.6. The Kier molecular flexibility index (Phi) is 23.5. The summed E-state index contributed by atoms with van der Waals surface area (Å²) in [7, 11) is 0. The smallest absolute Gasteiger partial charge is 0.179 e. The molecular formula is C101H152N8O9. The van der Waals surface area contributed by atoms with Crippen LogP contribution >= 0.6 is 0 Å². The Balaban J connectivity index is 0.000000113. The van der Waals surface area contributed by atoms with Crippen LogP contribution in [0.25, 0.3) is 0 Å². The van der Waals surface area contributed by atoms with Gasteiger partial charge in [-0.25, -0.2) is 0 Å². The van der Waals surface area contributed by atoms with Crippen LogP contribution in [0.1, 0.15) is 321 Å². The molecule has 16 saturated carbocycles. The summed E-state index contributed by atoms with van der Waals surface area (Å²) in [4.78, 5) is 64.6. The van der Waals surface area contributed by atoms with Gasteiger partial charge in [-0.2, -0.15) is 20.4 Å². The minimum atomic E-state index is -0.461. The van der Waals surface area contributed by atoms with E-state index >= 15 is 0 Å². The zero-order valence-electron chi connectivity index (χ0n) is 74.7. The molecule has 0 saturated heterocycles. The first kappa shape index (κ1) is 85.2. The number of aryl methyl sites for hydroxylation is 3. The lowest BCUT2D eigenvalue weighted by Gasteiger charge is -2.56. The van der Waals surface area contributed by atoms with Crippen molar-refractivity contribution in [2.45, 2.75) is 363 Å². The fourth-order valence-corrected chi connectivity index (χ4v) is 33.8. The predicted molar refractivity (Wildman–Crippen MR) is 458 cm³/mol. The number of carbonyl (C=O) groups is 5. The van der Waals surface area contributed by atoms with Gasteiger partial charge in [-0.3, -0.25) is 42.7 Å². The number of carbonyl (C=O) groups excluding carboxylic acids is 5. The van der Waals surface area contributed by atoms with E-state index in [0.717, 1.165) is 207 Å². The summed E-state index contributed by atoms with van der Waals surface area (Å²) in [6.45, 7) is 27.1. The minimum absolute atomic E-state index is 0.0581. The van der Waals surface area contributed by atoms with Crippen molar-refractivity contribution in [3.05, 3.63) is 71.8 Å². The van der Waals surface area contributed by atoms with Crippen LogP contribution in [-0.4, -0.2) is 111 Å². The van der Waals surface area contributed by atoms with E-state index in [0.29, 0.717) is 60.3 Å². The van der Waals surface area contributed by atoms with Crippen LogP contribution in [0.15, 0.2) is 49.4 Å². The number of Topliss-reactive ketones (excluding diaryl/α,β-unsaturated/α-hetero) is 5. The van der Waals surface area contributed by atoms with E-state index in [2.05, 4.69) is 48.1 Å². The first-order valence-corrected chi connectivity index (χ1v) is 48.5. The van der Waals surface area contributed by atoms with Gasteiger partial charge >= 0.3 is 0 Å². The van der Waals surface area contributed by atoms with Crippen LogP contribution in [0.3, 0.4) is 0 Å². The van der Waals surface area contributed by atoms with Gasteiger partial charge in [0, 0.05) is 55.4 Å². The molecule has 4 N–H and O–H groups in total. The van der Waals surface area contributed by atoms with Crippen molar-refractivity contribution in [2.75, 3.05) is 0 Å². The van der Waals surface area contributed by atoms with Crippen LogP contribution in [0.4, 0.5) is 0 Å². The summed E-state index contributed by atoms with van der Waals surface area (Å²) in [6, 6.07) is 1.71. The maximum absolute atomic E-state index is 13.3. The highest BCUT2D eigenvalue weighted by Gasteiger charge is 2.64. The molecule has 0 amide bonds. The monoisotopic (exact) mass is 1620 g/mol. The molecule has 0 aliphatic heterocycles. The van der Waals surface area contributed by atoms with Crippen LogP contribution < -0.4 is 0 Å². The zero-order chi connectivity index (χ0) is 83.1. The predicted octanol–water partition coefficient (Wildman–Crippen LogP) is 19.0. The van der Waals surface area contributed by atoms with Gasteiger partial charge in [-0.15, -0.1) is 0 Å². The molecule has 0 radical (unpaired) electrons. The lowest BCUT2D eigenvalue weighted by molar-refractivity contribution is -0.133. The Morgan fingerprint density at radius 3 is 0.797 bits per heavy atom. The lowest BCUT2D eigenvalue weighted by Crippen LogP contribution is -2.51. The van der Waals surface area contributed by atoms with Crippen LogP contribution in [-0.2, 0) is 45.4 Å². The number of rotatable bonds is 13. The van der Waals surface area contributed by atoms with Crippen LogP contribution in [0, 0.1) is 184 Å². The zero-order valence-corrected chi connectivity index (χ0v) is 74.7. The third kappa shape index (κ3) is 16.3. The molecule has 118 heavy (non-hydrogen) atoms. The van der Waals surface area contributed by atoms with E-state index in [4.69, 9.17) is 0 Å². The van der Waals surface area contributed by atoms with Crippen molar-refractivity contribution in [1.29, 1.82) is 0 Å². The number of fused-ring (bicyclic) bond motifs is 20. The van der Waals surface area contributed by atoms with Crippen LogP contribution in [0.2, 0.25) is 0 Å². The van der Waals surface area contributed by atoms with Crippen molar-refractivity contribution < 1.29 is 44.4 Å². The fraction of sp³-hybridized carbons (Fsp3) is 0.832. The highest BCUT2D eigenvalue weighted by Crippen LogP contribution is 2.70. The molecule has 0 aromatic carbocycles. The van der Waals surface area contributed by atoms with Gasteiger partial charge in [0.15, 0.2) is 28.9 Å². The number of aromatic nitrogens is 8. The van der Waals surface area contributed by atoms with Crippen LogP contribution in [0.5, 0.6) is 0 Å². The molecule has 4 heterocycles. The Morgan fingerprint density at radius 2 is 0.568 bits per heavy atom. The average Bonchev–Trinajstić information content (AvgIpc) is 1.54. The van der Waals surface area contributed by atoms with E-state index in [9.17, 15) is 44.4 Å². The Morgan fingerprint density at radius 1 is 0.322 bits per heavy atom. The lowest BCUT2D eigenvalue weighted by atomic mass is 9.49. The molecule has 17 heteroatoms. The first-order chi connectivity index (χ1) is 56.0. The Bertz CT molecular complexity index is 3980. The molecule has 16 aliphatic rings. The van der Waals surface area contributed by atoms with Gasteiger partial charge < -0.3 is 20.4 Å². The average molecular weight is 1620 g/mol. The molecule has 16 fully saturated rings. The summed E-state index contributed by atoms with van der Waals surface area (Å²) >= 11 is 0. The number of hydrogen-bond donors (Lipinski definition) is 4. The molecule has 16 aliphatic carbocycles. The van der Waals surface area contributed by atoms with E-state index in [1.165, 1.54) is 155 Å². The Hall–Kier alpha value is -4.97. The number of nitrogens with zero attached hydrogens (tertiary/aromatic N) is 8. The normalized spacial score (nSPS) is 46.0. The largest absolute Gasteiger partial charge is 0.390 e. The highest BCUT2D eigenvalue weighted by atomic mass is 16.3. The van der Waals surface area contributed by atoms with Gasteiger partial charge in [0.1, 0.15) is 5.69 Å². The van der Waals surface area contributed by atoms with Gasteiger partial charge in [0.05, 0.1) is 67.2 Å². The summed E-state index contributed by atoms with van der Waals surface area (Å²) in [6.07, 6.45) is 55.4. The highest BCUT2D eigenvalue weighted by molar-refractivity contribution is 5.92. The van der Waals surface area contributed by atoms with E-state index < -0.39 is 22.4 Å². The number of ketones is 5. The number of hydrogen-bond acceptors (Lipinski definition) is 13. The molecular weight excluding hydrogens is 1470 g/mol. The molecule has 17 nitrogen and oxygen atoms in total. The van der Waals surface area contributed by atoms with Crippen molar-refractivity contribution in [3.8, 4) is 0 Å². The fourth-order valence-electron chi connectivity index (χ4n) is 33.8. The van der Waals surface area contributed by atoms with E-state index in [1.54, 1.807) is 16.9 Å². The second kappa shape index (κ2) is 32.5. The first-order valence-electron chi connectivity index (χ1n) is 48.5. The molecule has 0 bridgehead atoms. The molecule has 4 aromatic heterocycles. The van der Waals surface area contributed by atoms with Gasteiger partial charge in [0.2, 0.25) is 0 Å². The van der Waals surface area contributed by atoms with Gasteiger partial charge in [0.25, 0.3) is 0 Å². The van der Waals surface area contributed by atoms with Crippen molar-refractivity contribution >= 4 is 28.9 Å². The van der Waals surface area contributed by atoms with Gasteiger partial charge in [-0.05, 0) is 442 Å².